The maximum Gasteiger partial charge on any atom is 0.231 e. The molecule has 44 heavy (non-hydrogen) atoms. The van der Waals surface area contributed by atoms with Crippen molar-refractivity contribution in [2.75, 3.05) is 49.5 Å². The normalized spacial score (nSPS) is 20.8. The number of halogens is 2. The molecule has 3 unspecified atom stereocenters. The second kappa shape index (κ2) is 13.0. The first-order chi connectivity index (χ1) is 21.0. The molecule has 5 heterocycles. The van der Waals surface area contributed by atoms with E-state index in [0.29, 0.717) is 55.6 Å². The number of piperazine rings is 1. The minimum Gasteiger partial charge on any atom is -0.367 e. The lowest BCUT2D eigenvalue weighted by Gasteiger charge is -2.39. The molecule has 2 aromatic carbocycles. The van der Waals surface area contributed by atoms with Crippen LogP contribution in [0.4, 0.5) is 11.5 Å². The predicted molar refractivity (Wildman–Crippen MR) is 176 cm³/mol. The minimum atomic E-state index is -0.244. The fraction of sp³-hybridized carbons (Fsp3) is 0.375. The van der Waals surface area contributed by atoms with Crippen molar-refractivity contribution in [3.05, 3.63) is 71.4 Å². The van der Waals surface area contributed by atoms with E-state index in [1.165, 1.54) is 0 Å². The molecule has 2 amide bonds. The molecule has 4 N–H and O–H groups in total. The van der Waals surface area contributed by atoms with E-state index < -0.39 is 0 Å². The van der Waals surface area contributed by atoms with Crippen LogP contribution in [0.1, 0.15) is 30.7 Å². The van der Waals surface area contributed by atoms with Crippen molar-refractivity contribution in [2.24, 2.45) is 0 Å². The van der Waals surface area contributed by atoms with Crippen LogP contribution in [0.2, 0.25) is 5.02 Å². The standard InChI is InChI=1S/C32H35ClN8O2.ClH/c33-22-10-8-21(9-11-22)27(25-7-4-12-34-25)32(43)41-15-13-40(14-16-41)29-24(20-5-2-1-3-6-20)19-36-30-28(29)31(39-38-30)37-23-17-26(42)35-18-23;/h1-3,5-6,8-11,19,23,25,27,34H,4,7,12-18H2,(H,35,42)(H2,36,37,38,39);1H. The quantitative estimate of drug-likeness (QED) is 0.241. The number of nitrogens with one attached hydrogen (secondary N) is 4. The van der Waals surface area contributed by atoms with Crippen LogP contribution in [-0.4, -0.2) is 83.2 Å². The van der Waals surface area contributed by atoms with E-state index in [1.807, 2.05) is 53.6 Å². The average molecular weight is 636 g/mol. The smallest absolute Gasteiger partial charge is 0.231 e. The van der Waals surface area contributed by atoms with Crippen molar-refractivity contribution < 1.29 is 9.59 Å². The fourth-order valence-electron chi connectivity index (χ4n) is 6.70. The van der Waals surface area contributed by atoms with E-state index in [-0.39, 0.29) is 42.2 Å². The molecule has 3 aliphatic heterocycles. The molecule has 0 bridgehead atoms. The van der Waals surface area contributed by atoms with Gasteiger partial charge in [0.05, 0.1) is 23.0 Å². The zero-order chi connectivity index (χ0) is 29.3. The van der Waals surface area contributed by atoms with E-state index in [4.69, 9.17) is 16.6 Å². The van der Waals surface area contributed by atoms with Gasteiger partial charge < -0.3 is 25.8 Å². The molecule has 10 nitrogen and oxygen atoms in total. The summed E-state index contributed by atoms with van der Waals surface area (Å²) in [5.41, 5.74) is 4.79. The van der Waals surface area contributed by atoms with Gasteiger partial charge in [0.1, 0.15) is 0 Å². The third-order valence-corrected chi connectivity index (χ3v) is 9.12. The molecule has 3 atom stereocenters. The summed E-state index contributed by atoms with van der Waals surface area (Å²) in [6, 6.07) is 18.0. The van der Waals surface area contributed by atoms with Crippen LogP contribution in [-0.2, 0) is 9.59 Å². The zero-order valence-electron chi connectivity index (χ0n) is 24.3. The van der Waals surface area contributed by atoms with Crippen LogP contribution in [0.25, 0.3) is 22.2 Å². The van der Waals surface area contributed by atoms with Gasteiger partial charge in [0.2, 0.25) is 11.8 Å². The van der Waals surface area contributed by atoms with Gasteiger partial charge in [-0.05, 0) is 42.6 Å². The summed E-state index contributed by atoms with van der Waals surface area (Å²) >= 11 is 6.18. The number of carbonyl (C=O) groups excluding carboxylic acids is 2. The second-order valence-corrected chi connectivity index (χ2v) is 12.0. The molecule has 0 saturated carbocycles. The number of aromatic nitrogens is 3. The summed E-state index contributed by atoms with van der Waals surface area (Å²) in [5.74, 6) is 0.636. The van der Waals surface area contributed by atoms with Crippen LogP contribution >= 0.6 is 24.0 Å². The number of nitrogens with zero attached hydrogens (tertiary/aromatic N) is 4. The monoisotopic (exact) mass is 634 g/mol. The highest BCUT2D eigenvalue weighted by Crippen LogP contribution is 2.40. The van der Waals surface area contributed by atoms with Crippen LogP contribution in [0.15, 0.2) is 60.8 Å². The molecule has 0 aliphatic carbocycles. The molecule has 0 radical (unpaired) electrons. The molecule has 0 spiro atoms. The summed E-state index contributed by atoms with van der Waals surface area (Å²) in [6.07, 6.45) is 4.35. The predicted octanol–water partition coefficient (Wildman–Crippen LogP) is 4.18. The number of carbonyl (C=O) groups is 2. The minimum absolute atomic E-state index is 0. The van der Waals surface area contributed by atoms with Crippen molar-refractivity contribution in [1.82, 2.24) is 30.7 Å². The maximum atomic E-state index is 14.1. The molecular weight excluding hydrogens is 599 g/mol. The Morgan fingerprint density at radius 1 is 1.05 bits per heavy atom. The van der Waals surface area contributed by atoms with E-state index in [9.17, 15) is 9.59 Å². The van der Waals surface area contributed by atoms with Crippen molar-refractivity contribution in [1.29, 1.82) is 0 Å². The number of anilines is 2. The van der Waals surface area contributed by atoms with Gasteiger partial charge in [0, 0.05) is 62.0 Å². The van der Waals surface area contributed by atoms with E-state index in [0.717, 1.165) is 47.2 Å². The Balaban J connectivity index is 0.00000343. The summed E-state index contributed by atoms with van der Waals surface area (Å²) < 4.78 is 0. The third kappa shape index (κ3) is 5.94. The highest BCUT2D eigenvalue weighted by Gasteiger charge is 2.36. The number of amides is 2. The number of pyridine rings is 1. The number of aromatic amines is 1. The zero-order valence-corrected chi connectivity index (χ0v) is 25.8. The third-order valence-electron chi connectivity index (χ3n) is 8.87. The highest BCUT2D eigenvalue weighted by atomic mass is 35.5. The first kappa shape index (κ1) is 30.2. The molecule has 3 aliphatic rings. The van der Waals surface area contributed by atoms with Crippen molar-refractivity contribution in [3.8, 4) is 11.1 Å². The van der Waals surface area contributed by atoms with Crippen LogP contribution in [0.3, 0.4) is 0 Å². The van der Waals surface area contributed by atoms with Crippen LogP contribution in [0.5, 0.6) is 0 Å². The maximum absolute atomic E-state index is 14.1. The Hall–Kier alpha value is -3.86. The number of hydrogen-bond acceptors (Lipinski definition) is 7. The Kier molecular flexibility index (Phi) is 8.93. The van der Waals surface area contributed by atoms with Crippen molar-refractivity contribution in [2.45, 2.75) is 37.3 Å². The number of benzene rings is 2. The van der Waals surface area contributed by atoms with Gasteiger partial charge in [-0.15, -0.1) is 12.4 Å². The lowest BCUT2D eigenvalue weighted by atomic mass is 9.89. The second-order valence-electron chi connectivity index (χ2n) is 11.6. The SMILES string of the molecule is Cl.O=C1CC(Nc2n[nH]c3ncc(-c4ccccc4)c(N4CCN(C(=O)C(c5ccc(Cl)cc5)C5CCCN5)CC4)c23)CN1. The molecule has 7 rings (SSSR count). The Morgan fingerprint density at radius 3 is 2.50 bits per heavy atom. The van der Waals surface area contributed by atoms with Gasteiger partial charge in [0.15, 0.2) is 11.5 Å². The fourth-order valence-corrected chi connectivity index (χ4v) is 6.82. The van der Waals surface area contributed by atoms with Gasteiger partial charge in [-0.3, -0.25) is 14.7 Å². The lowest BCUT2D eigenvalue weighted by Crippen LogP contribution is -2.52. The molecule has 230 valence electrons. The summed E-state index contributed by atoms with van der Waals surface area (Å²) in [7, 11) is 0. The van der Waals surface area contributed by atoms with Gasteiger partial charge in [0.25, 0.3) is 0 Å². The van der Waals surface area contributed by atoms with E-state index >= 15 is 0 Å². The van der Waals surface area contributed by atoms with Gasteiger partial charge >= 0.3 is 0 Å². The van der Waals surface area contributed by atoms with Crippen LogP contribution in [0, 0.1) is 0 Å². The molecule has 12 heteroatoms. The van der Waals surface area contributed by atoms with Crippen LogP contribution < -0.4 is 20.9 Å². The molecule has 4 aromatic rings. The van der Waals surface area contributed by atoms with E-state index in [2.05, 4.69) is 43.2 Å². The Labute approximate surface area is 267 Å². The summed E-state index contributed by atoms with van der Waals surface area (Å²) in [4.78, 5) is 35.1. The molecule has 2 aromatic heterocycles. The number of hydrogen-bond donors (Lipinski definition) is 4. The Bertz CT molecular complexity index is 1620. The molecule has 3 saturated heterocycles. The number of rotatable bonds is 7. The highest BCUT2D eigenvalue weighted by molar-refractivity contribution is 6.30. The van der Waals surface area contributed by atoms with Gasteiger partial charge in [-0.1, -0.05) is 54.1 Å². The topological polar surface area (TPSA) is 118 Å². The number of H-pyrrole nitrogens is 1. The largest absolute Gasteiger partial charge is 0.367 e. The number of fused-ring (bicyclic) bond motifs is 1. The summed E-state index contributed by atoms with van der Waals surface area (Å²) in [5, 5.41) is 19.2. The molecule has 3 fully saturated rings. The lowest BCUT2D eigenvalue weighted by molar-refractivity contribution is -0.133. The van der Waals surface area contributed by atoms with Crippen molar-refractivity contribution >= 4 is 58.4 Å². The van der Waals surface area contributed by atoms with E-state index in [1.54, 1.807) is 0 Å². The van der Waals surface area contributed by atoms with Gasteiger partial charge in [-0.25, -0.2) is 4.98 Å². The first-order valence-corrected chi connectivity index (χ1v) is 15.4. The van der Waals surface area contributed by atoms with Crippen molar-refractivity contribution in [3.63, 3.8) is 0 Å². The first-order valence-electron chi connectivity index (χ1n) is 15.0. The average Bonchev–Trinajstić information content (AvgIpc) is 3.81. The summed E-state index contributed by atoms with van der Waals surface area (Å²) in [6.45, 7) is 4.04. The molecular formula is C32H36Cl2N8O2. The Morgan fingerprint density at radius 2 is 1.82 bits per heavy atom. The van der Waals surface area contributed by atoms with Gasteiger partial charge in [-0.2, -0.15) is 5.10 Å².